The fraction of sp³-hybridized carbons (Fsp3) is 0.571. The maximum Gasteiger partial charge on any atom is 0.0630 e. The number of rotatable bonds is 2. The normalized spacial score (nSPS) is 27.5. The summed E-state index contributed by atoms with van der Waals surface area (Å²) in [6, 6.07) is 9.00. The van der Waals surface area contributed by atoms with Gasteiger partial charge in [0.25, 0.3) is 0 Å². The third kappa shape index (κ3) is 1.79. The maximum absolute atomic E-state index is 5.61. The molecule has 0 saturated carbocycles. The Morgan fingerprint density at radius 2 is 2.06 bits per heavy atom. The van der Waals surface area contributed by atoms with Crippen molar-refractivity contribution in [3.63, 3.8) is 0 Å². The smallest absolute Gasteiger partial charge is 0.0630 e. The Morgan fingerprint density at radius 1 is 1.24 bits per heavy atom. The van der Waals surface area contributed by atoms with E-state index in [9.17, 15) is 0 Å². The molecule has 2 saturated heterocycles. The van der Waals surface area contributed by atoms with Crippen molar-refractivity contribution in [3.8, 4) is 0 Å². The van der Waals surface area contributed by atoms with Crippen LogP contribution >= 0.6 is 0 Å². The van der Waals surface area contributed by atoms with Gasteiger partial charge in [0.15, 0.2) is 0 Å². The molecule has 3 heteroatoms. The van der Waals surface area contributed by atoms with Crippen LogP contribution in [0.4, 0.5) is 0 Å². The van der Waals surface area contributed by atoms with E-state index < -0.39 is 0 Å². The molecule has 92 valence electrons. The van der Waals surface area contributed by atoms with Gasteiger partial charge in [-0.1, -0.05) is 24.3 Å². The van der Waals surface area contributed by atoms with Crippen molar-refractivity contribution in [2.75, 3.05) is 33.0 Å². The number of nitrogens with one attached hydrogen (secondary N) is 1. The van der Waals surface area contributed by atoms with Crippen LogP contribution in [0.3, 0.4) is 0 Å². The first-order valence-electron chi connectivity index (χ1n) is 6.28. The van der Waals surface area contributed by atoms with Gasteiger partial charge in [-0.2, -0.15) is 0 Å². The summed E-state index contributed by atoms with van der Waals surface area (Å²) >= 11 is 0. The number of benzene rings is 1. The Kier molecular flexibility index (Phi) is 2.90. The highest BCUT2D eigenvalue weighted by molar-refractivity contribution is 5.37. The molecule has 1 N–H and O–H groups in total. The number of ether oxygens (including phenoxy) is 2. The lowest BCUT2D eigenvalue weighted by molar-refractivity contribution is -0.101. The summed E-state index contributed by atoms with van der Waals surface area (Å²) in [4.78, 5) is 0. The molecule has 0 amide bonds. The second-order valence-corrected chi connectivity index (χ2v) is 5.05. The quantitative estimate of drug-likeness (QED) is 0.834. The molecule has 3 nitrogen and oxygen atoms in total. The van der Waals surface area contributed by atoms with E-state index in [0.29, 0.717) is 6.04 Å². The SMILES string of the molecule is Cc1ccccc1C1(C2COCCN2)COC1. The molecule has 0 aromatic heterocycles. The minimum Gasteiger partial charge on any atom is -0.379 e. The molecule has 0 radical (unpaired) electrons. The van der Waals surface area contributed by atoms with E-state index in [1.807, 2.05) is 0 Å². The maximum atomic E-state index is 5.61. The largest absolute Gasteiger partial charge is 0.379 e. The Labute approximate surface area is 102 Å². The summed E-state index contributed by atoms with van der Waals surface area (Å²) < 4.78 is 11.1. The van der Waals surface area contributed by atoms with E-state index in [2.05, 4.69) is 36.5 Å². The van der Waals surface area contributed by atoms with Crippen LogP contribution in [0.15, 0.2) is 24.3 Å². The van der Waals surface area contributed by atoms with Crippen LogP contribution in [-0.2, 0) is 14.9 Å². The zero-order chi connectivity index (χ0) is 11.7. The second-order valence-electron chi connectivity index (χ2n) is 5.05. The predicted molar refractivity (Wildman–Crippen MR) is 66.3 cm³/mol. The number of aryl methyl sites for hydroxylation is 1. The fourth-order valence-corrected chi connectivity index (χ4v) is 2.92. The average molecular weight is 233 g/mol. The van der Waals surface area contributed by atoms with Gasteiger partial charge in [-0.05, 0) is 18.1 Å². The third-order valence-corrected chi connectivity index (χ3v) is 3.99. The third-order valence-electron chi connectivity index (χ3n) is 3.99. The molecule has 2 aliphatic rings. The zero-order valence-corrected chi connectivity index (χ0v) is 10.2. The van der Waals surface area contributed by atoms with E-state index in [0.717, 1.165) is 33.0 Å². The van der Waals surface area contributed by atoms with E-state index in [1.54, 1.807) is 0 Å². The van der Waals surface area contributed by atoms with E-state index in [4.69, 9.17) is 9.47 Å². The summed E-state index contributed by atoms with van der Waals surface area (Å²) in [6.45, 7) is 6.34. The van der Waals surface area contributed by atoms with Gasteiger partial charge >= 0.3 is 0 Å². The molecule has 2 heterocycles. The standard InChI is InChI=1S/C14H19NO2/c1-11-4-2-3-5-12(11)14(9-17-10-14)13-8-16-7-6-15-13/h2-5,13,15H,6-10H2,1H3. The Bertz CT molecular complexity index is 395. The van der Waals surface area contributed by atoms with Crippen molar-refractivity contribution in [1.82, 2.24) is 5.32 Å². The number of hydrogen-bond donors (Lipinski definition) is 1. The minimum absolute atomic E-state index is 0.117. The summed E-state index contributed by atoms with van der Waals surface area (Å²) in [6.07, 6.45) is 0. The topological polar surface area (TPSA) is 30.5 Å². The van der Waals surface area contributed by atoms with Crippen LogP contribution in [0.2, 0.25) is 0 Å². The van der Waals surface area contributed by atoms with Gasteiger partial charge in [-0.3, -0.25) is 0 Å². The lowest BCUT2D eigenvalue weighted by Crippen LogP contribution is -2.64. The highest BCUT2D eigenvalue weighted by atomic mass is 16.5. The Morgan fingerprint density at radius 3 is 2.65 bits per heavy atom. The van der Waals surface area contributed by atoms with E-state index in [1.165, 1.54) is 11.1 Å². The summed E-state index contributed by atoms with van der Waals surface area (Å²) in [7, 11) is 0. The molecular formula is C14H19NO2. The molecule has 1 unspecified atom stereocenters. The van der Waals surface area contributed by atoms with Gasteiger partial charge < -0.3 is 14.8 Å². The molecule has 0 aliphatic carbocycles. The van der Waals surface area contributed by atoms with Gasteiger partial charge in [0.1, 0.15) is 0 Å². The van der Waals surface area contributed by atoms with Gasteiger partial charge in [0.2, 0.25) is 0 Å². The molecule has 2 aliphatic heterocycles. The van der Waals surface area contributed by atoms with Crippen molar-refractivity contribution in [2.45, 2.75) is 18.4 Å². The first kappa shape index (κ1) is 11.2. The lowest BCUT2D eigenvalue weighted by atomic mass is 9.71. The fourth-order valence-electron chi connectivity index (χ4n) is 2.92. The highest BCUT2D eigenvalue weighted by Gasteiger charge is 2.48. The summed E-state index contributed by atoms with van der Waals surface area (Å²) in [5.74, 6) is 0. The van der Waals surface area contributed by atoms with Crippen LogP contribution < -0.4 is 5.32 Å². The van der Waals surface area contributed by atoms with Crippen molar-refractivity contribution in [2.24, 2.45) is 0 Å². The van der Waals surface area contributed by atoms with Gasteiger partial charge in [0.05, 0.1) is 31.8 Å². The highest BCUT2D eigenvalue weighted by Crippen LogP contribution is 2.38. The predicted octanol–water partition coefficient (Wildman–Crippen LogP) is 1.25. The molecule has 1 aromatic carbocycles. The van der Waals surface area contributed by atoms with E-state index in [-0.39, 0.29) is 5.41 Å². The Balaban J connectivity index is 1.93. The first-order chi connectivity index (χ1) is 8.33. The van der Waals surface area contributed by atoms with Gasteiger partial charge in [0, 0.05) is 12.6 Å². The molecule has 3 rings (SSSR count). The van der Waals surface area contributed by atoms with Gasteiger partial charge in [-0.25, -0.2) is 0 Å². The second kappa shape index (κ2) is 4.41. The van der Waals surface area contributed by atoms with Crippen molar-refractivity contribution >= 4 is 0 Å². The van der Waals surface area contributed by atoms with Crippen molar-refractivity contribution in [1.29, 1.82) is 0 Å². The number of hydrogen-bond acceptors (Lipinski definition) is 3. The van der Waals surface area contributed by atoms with Gasteiger partial charge in [-0.15, -0.1) is 0 Å². The summed E-state index contributed by atoms with van der Waals surface area (Å²) in [5.41, 5.74) is 2.88. The molecular weight excluding hydrogens is 214 g/mol. The molecule has 2 fully saturated rings. The minimum atomic E-state index is 0.117. The molecule has 0 spiro atoms. The lowest BCUT2D eigenvalue weighted by Gasteiger charge is -2.49. The molecule has 1 aromatic rings. The van der Waals surface area contributed by atoms with Crippen LogP contribution in [0.5, 0.6) is 0 Å². The average Bonchev–Trinajstić information content (AvgIpc) is 2.32. The van der Waals surface area contributed by atoms with Crippen LogP contribution in [0.25, 0.3) is 0 Å². The Hall–Kier alpha value is -0.900. The van der Waals surface area contributed by atoms with Crippen molar-refractivity contribution < 1.29 is 9.47 Å². The molecule has 1 atom stereocenters. The number of morpholine rings is 1. The molecule has 0 bridgehead atoms. The monoisotopic (exact) mass is 233 g/mol. The summed E-state index contributed by atoms with van der Waals surface area (Å²) in [5, 5.41) is 3.58. The zero-order valence-electron chi connectivity index (χ0n) is 10.2. The van der Waals surface area contributed by atoms with Crippen LogP contribution in [0, 0.1) is 6.92 Å². The first-order valence-corrected chi connectivity index (χ1v) is 6.28. The van der Waals surface area contributed by atoms with Crippen LogP contribution in [0.1, 0.15) is 11.1 Å². The van der Waals surface area contributed by atoms with Crippen molar-refractivity contribution in [3.05, 3.63) is 35.4 Å². The van der Waals surface area contributed by atoms with Crippen LogP contribution in [-0.4, -0.2) is 39.0 Å². The molecule has 17 heavy (non-hydrogen) atoms. The van der Waals surface area contributed by atoms with E-state index >= 15 is 0 Å².